The van der Waals surface area contributed by atoms with Crippen molar-refractivity contribution in [1.29, 1.82) is 0 Å². The van der Waals surface area contributed by atoms with Gasteiger partial charge in [0.15, 0.2) is 0 Å². The quantitative estimate of drug-likeness (QED) is 0.812. The Labute approximate surface area is 116 Å². The van der Waals surface area contributed by atoms with Gasteiger partial charge in [0, 0.05) is 12.7 Å². The normalized spacial score (nSPS) is 20.4. The minimum absolute atomic E-state index is 0.0385. The highest BCUT2D eigenvalue weighted by atomic mass is 35.5. The van der Waals surface area contributed by atoms with Gasteiger partial charge in [-0.25, -0.2) is 18.1 Å². The molecule has 1 aromatic heterocycles. The van der Waals surface area contributed by atoms with Crippen LogP contribution in [0.15, 0.2) is 17.2 Å². The van der Waals surface area contributed by atoms with Crippen LogP contribution in [0.5, 0.6) is 0 Å². The first-order chi connectivity index (χ1) is 8.99. The molecule has 1 saturated heterocycles. The van der Waals surface area contributed by atoms with Crippen LogP contribution >= 0.6 is 11.6 Å². The van der Waals surface area contributed by atoms with Crippen LogP contribution in [-0.4, -0.2) is 45.9 Å². The summed E-state index contributed by atoms with van der Waals surface area (Å²) in [5.74, 6) is 0.0876. The van der Waals surface area contributed by atoms with Crippen molar-refractivity contribution >= 4 is 27.4 Å². The van der Waals surface area contributed by atoms with Crippen LogP contribution in [0.1, 0.15) is 0 Å². The number of ether oxygens (including phenoxy) is 2. The van der Waals surface area contributed by atoms with Gasteiger partial charge in [-0.2, -0.15) is 0 Å². The fourth-order valence-electron chi connectivity index (χ4n) is 1.52. The molecular weight excluding hydrogens is 294 g/mol. The molecule has 19 heavy (non-hydrogen) atoms. The van der Waals surface area contributed by atoms with Gasteiger partial charge in [-0.15, -0.1) is 0 Å². The number of hydrogen-bond donors (Lipinski definition) is 2. The van der Waals surface area contributed by atoms with Crippen LogP contribution in [0.2, 0.25) is 5.02 Å². The van der Waals surface area contributed by atoms with E-state index >= 15 is 0 Å². The number of sulfonamides is 1. The highest BCUT2D eigenvalue weighted by Gasteiger charge is 2.20. The summed E-state index contributed by atoms with van der Waals surface area (Å²) in [4.78, 5) is 3.67. The third-order valence-corrected chi connectivity index (χ3v) is 4.23. The summed E-state index contributed by atoms with van der Waals surface area (Å²) in [6, 6.07) is 1.25. The van der Waals surface area contributed by atoms with Gasteiger partial charge in [-0.3, -0.25) is 0 Å². The Morgan fingerprint density at radius 1 is 1.53 bits per heavy atom. The van der Waals surface area contributed by atoms with Gasteiger partial charge >= 0.3 is 0 Å². The average Bonchev–Trinajstić information content (AvgIpc) is 2.41. The van der Waals surface area contributed by atoms with E-state index in [0.717, 1.165) is 6.20 Å². The van der Waals surface area contributed by atoms with Crippen molar-refractivity contribution in [3.63, 3.8) is 0 Å². The molecule has 1 aromatic rings. The lowest BCUT2D eigenvalue weighted by atomic mass is 10.3. The number of nitrogens with zero attached hydrogens (tertiary/aromatic N) is 1. The van der Waals surface area contributed by atoms with Gasteiger partial charge in [0.05, 0.1) is 30.9 Å². The van der Waals surface area contributed by atoms with Gasteiger partial charge in [-0.05, 0) is 6.07 Å². The zero-order valence-corrected chi connectivity index (χ0v) is 11.6. The molecule has 7 nitrogen and oxygen atoms in total. The van der Waals surface area contributed by atoms with E-state index in [1.54, 1.807) is 0 Å². The van der Waals surface area contributed by atoms with Crippen LogP contribution in [-0.2, 0) is 19.5 Å². The minimum Gasteiger partial charge on any atom is -0.382 e. The molecule has 0 aromatic carbocycles. The zero-order chi connectivity index (χ0) is 13.9. The molecule has 0 amide bonds. The maximum Gasteiger partial charge on any atom is 0.242 e. The van der Waals surface area contributed by atoms with Crippen molar-refractivity contribution in [1.82, 2.24) is 9.71 Å². The molecule has 1 atom stereocenters. The standard InChI is InChI=1S/C10H14ClN3O4S/c11-9-3-8(5-13-10(9)12)19(15,16)14-4-7-6-17-1-2-18-7/h3,5,7,14H,1-2,4,6H2,(H2,12,13). The van der Waals surface area contributed by atoms with Crippen molar-refractivity contribution in [2.24, 2.45) is 0 Å². The fourth-order valence-corrected chi connectivity index (χ4v) is 2.79. The molecule has 1 aliphatic rings. The van der Waals surface area contributed by atoms with Gasteiger partial charge in [0.25, 0.3) is 0 Å². The summed E-state index contributed by atoms with van der Waals surface area (Å²) in [6.45, 7) is 1.48. The second-order valence-electron chi connectivity index (χ2n) is 3.96. The molecule has 9 heteroatoms. The fraction of sp³-hybridized carbons (Fsp3) is 0.500. The number of nitrogens with one attached hydrogen (secondary N) is 1. The number of hydrogen-bond acceptors (Lipinski definition) is 6. The van der Waals surface area contributed by atoms with Crippen LogP contribution in [0, 0.1) is 0 Å². The Kier molecular flexibility index (Phi) is 4.58. The maximum absolute atomic E-state index is 12.0. The van der Waals surface area contributed by atoms with E-state index in [1.165, 1.54) is 6.07 Å². The van der Waals surface area contributed by atoms with Gasteiger partial charge in [-0.1, -0.05) is 11.6 Å². The Morgan fingerprint density at radius 3 is 2.95 bits per heavy atom. The highest BCUT2D eigenvalue weighted by Crippen LogP contribution is 2.19. The predicted octanol–water partition coefficient (Wildman–Crippen LogP) is 0.0109. The molecule has 0 bridgehead atoms. The SMILES string of the molecule is Nc1ncc(S(=O)(=O)NCC2COCCO2)cc1Cl. The largest absolute Gasteiger partial charge is 0.382 e. The lowest BCUT2D eigenvalue weighted by Crippen LogP contribution is -2.39. The summed E-state index contributed by atoms with van der Waals surface area (Å²) in [5, 5.41) is 0.0973. The van der Waals surface area contributed by atoms with Crippen LogP contribution < -0.4 is 10.5 Å². The molecule has 106 valence electrons. The summed E-state index contributed by atoms with van der Waals surface area (Å²) in [6.07, 6.45) is 0.864. The van der Waals surface area contributed by atoms with E-state index in [4.69, 9.17) is 26.8 Å². The molecule has 1 unspecified atom stereocenters. The van der Waals surface area contributed by atoms with Crippen LogP contribution in [0.3, 0.4) is 0 Å². The molecule has 1 aliphatic heterocycles. The third-order valence-electron chi connectivity index (χ3n) is 2.54. The number of rotatable bonds is 4. The molecule has 0 spiro atoms. The monoisotopic (exact) mass is 307 g/mol. The van der Waals surface area contributed by atoms with Crippen molar-refractivity contribution < 1.29 is 17.9 Å². The summed E-state index contributed by atoms with van der Waals surface area (Å²) in [5.41, 5.74) is 5.43. The Bertz CT molecular complexity index is 546. The summed E-state index contributed by atoms with van der Waals surface area (Å²) in [7, 11) is -3.69. The summed E-state index contributed by atoms with van der Waals surface area (Å²) < 4.78 is 36.9. The molecule has 0 aliphatic carbocycles. The number of nitrogens with two attached hydrogens (primary N) is 1. The summed E-state index contributed by atoms with van der Waals surface area (Å²) >= 11 is 5.74. The second-order valence-corrected chi connectivity index (χ2v) is 6.13. The Morgan fingerprint density at radius 2 is 2.32 bits per heavy atom. The first-order valence-electron chi connectivity index (χ1n) is 5.59. The van der Waals surface area contributed by atoms with Gasteiger partial charge in [0.1, 0.15) is 10.7 Å². The van der Waals surface area contributed by atoms with Gasteiger partial charge < -0.3 is 15.2 Å². The first-order valence-corrected chi connectivity index (χ1v) is 7.45. The van der Waals surface area contributed by atoms with E-state index < -0.39 is 10.0 Å². The molecule has 2 heterocycles. The third kappa shape index (κ3) is 3.77. The molecule has 3 N–H and O–H groups in total. The van der Waals surface area contributed by atoms with Crippen molar-refractivity contribution in [3.8, 4) is 0 Å². The number of nitrogen functional groups attached to an aromatic ring is 1. The van der Waals surface area contributed by atoms with Crippen LogP contribution in [0.4, 0.5) is 5.82 Å². The maximum atomic E-state index is 12.0. The number of anilines is 1. The van der Waals surface area contributed by atoms with Crippen LogP contribution in [0.25, 0.3) is 0 Å². The second kappa shape index (κ2) is 6.02. The van der Waals surface area contributed by atoms with Crippen molar-refractivity contribution in [2.45, 2.75) is 11.0 Å². The molecule has 0 saturated carbocycles. The minimum atomic E-state index is -3.69. The molecule has 1 fully saturated rings. The Balaban J connectivity index is 2.02. The van der Waals surface area contributed by atoms with Crippen molar-refractivity contribution in [3.05, 3.63) is 17.3 Å². The van der Waals surface area contributed by atoms with Gasteiger partial charge in [0.2, 0.25) is 10.0 Å². The topological polar surface area (TPSA) is 104 Å². The van der Waals surface area contributed by atoms with E-state index in [-0.39, 0.29) is 28.4 Å². The lowest BCUT2D eigenvalue weighted by Gasteiger charge is -2.23. The lowest BCUT2D eigenvalue weighted by molar-refractivity contribution is -0.0846. The Hall–Kier alpha value is -0.930. The van der Waals surface area contributed by atoms with Crippen molar-refractivity contribution in [2.75, 3.05) is 32.1 Å². The highest BCUT2D eigenvalue weighted by molar-refractivity contribution is 7.89. The van der Waals surface area contributed by atoms with E-state index in [0.29, 0.717) is 19.8 Å². The first kappa shape index (κ1) is 14.5. The average molecular weight is 308 g/mol. The van der Waals surface area contributed by atoms with E-state index in [1.807, 2.05) is 0 Å². The zero-order valence-electron chi connectivity index (χ0n) is 10.0. The number of aromatic nitrogens is 1. The molecular formula is C10H14ClN3O4S. The number of halogens is 1. The molecule has 2 rings (SSSR count). The molecule has 0 radical (unpaired) electrons. The number of pyridine rings is 1. The smallest absolute Gasteiger partial charge is 0.242 e. The van der Waals surface area contributed by atoms with E-state index in [2.05, 4.69) is 9.71 Å². The van der Waals surface area contributed by atoms with E-state index in [9.17, 15) is 8.42 Å². The predicted molar refractivity (Wildman–Crippen MR) is 69.4 cm³/mol.